The highest BCUT2D eigenvalue weighted by molar-refractivity contribution is 7.17. The Balaban J connectivity index is 2.59. The van der Waals surface area contributed by atoms with Crippen LogP contribution in [0.3, 0.4) is 0 Å². The number of ether oxygens (including phenoxy) is 1. The molecule has 1 atom stereocenters. The molecule has 1 amide bonds. The van der Waals surface area contributed by atoms with Gasteiger partial charge in [-0.05, 0) is 19.3 Å². The fraction of sp³-hybridized carbons (Fsp3) is 0.692. The van der Waals surface area contributed by atoms with Crippen LogP contribution in [0.5, 0.6) is 0 Å². The molecule has 1 rings (SSSR count). The van der Waals surface area contributed by atoms with Crippen molar-refractivity contribution in [1.82, 2.24) is 10.3 Å². The third-order valence-corrected chi connectivity index (χ3v) is 3.77. The second kappa shape index (κ2) is 8.12. The highest BCUT2D eigenvalue weighted by atomic mass is 32.1. The van der Waals surface area contributed by atoms with Crippen LogP contribution in [0, 0.1) is 5.92 Å². The Hall–Kier alpha value is -1.14. The van der Waals surface area contributed by atoms with E-state index < -0.39 is 0 Å². The van der Waals surface area contributed by atoms with Crippen LogP contribution in [0.1, 0.15) is 36.9 Å². The molecule has 0 radical (unpaired) electrons. The van der Waals surface area contributed by atoms with E-state index in [9.17, 15) is 4.79 Å². The molecule has 0 saturated carbocycles. The van der Waals surface area contributed by atoms with Gasteiger partial charge in [0.1, 0.15) is 4.88 Å². The highest BCUT2D eigenvalue weighted by Gasteiger charge is 2.18. The van der Waals surface area contributed by atoms with Gasteiger partial charge < -0.3 is 15.4 Å². The van der Waals surface area contributed by atoms with Crippen LogP contribution in [0.15, 0.2) is 6.20 Å². The first-order chi connectivity index (χ1) is 9.08. The monoisotopic (exact) mass is 285 g/mol. The van der Waals surface area contributed by atoms with Crippen LogP contribution < -0.4 is 10.6 Å². The van der Waals surface area contributed by atoms with Crippen molar-refractivity contribution in [3.63, 3.8) is 0 Å². The number of nitrogens with zero attached hydrogens (tertiary/aromatic N) is 1. The maximum atomic E-state index is 12.1. The number of nitrogens with one attached hydrogen (secondary N) is 2. The van der Waals surface area contributed by atoms with Gasteiger partial charge in [0, 0.05) is 26.3 Å². The number of amides is 1. The molecule has 0 fully saturated rings. The van der Waals surface area contributed by atoms with Crippen molar-refractivity contribution in [2.24, 2.45) is 5.92 Å². The molecule has 0 aliphatic carbocycles. The largest absolute Gasteiger partial charge is 0.385 e. The Morgan fingerprint density at radius 3 is 2.84 bits per heavy atom. The van der Waals surface area contributed by atoms with E-state index in [2.05, 4.69) is 29.5 Å². The second-order valence-corrected chi connectivity index (χ2v) is 5.70. The number of hydrogen-bond donors (Lipinski definition) is 2. The molecule has 0 spiro atoms. The molecule has 0 aromatic carbocycles. The summed E-state index contributed by atoms with van der Waals surface area (Å²) in [5, 5.41) is 6.93. The zero-order chi connectivity index (χ0) is 14.3. The third-order valence-electron chi connectivity index (χ3n) is 2.81. The van der Waals surface area contributed by atoms with E-state index in [1.54, 1.807) is 13.3 Å². The molecule has 1 heterocycles. The fourth-order valence-electron chi connectivity index (χ4n) is 1.67. The first-order valence-corrected chi connectivity index (χ1v) is 7.39. The summed E-state index contributed by atoms with van der Waals surface area (Å²) in [4.78, 5) is 16.9. The summed E-state index contributed by atoms with van der Waals surface area (Å²) in [5.74, 6) is 0.316. The van der Waals surface area contributed by atoms with Gasteiger partial charge in [-0.25, -0.2) is 4.98 Å². The first kappa shape index (κ1) is 15.9. The standard InChI is InChI=1S/C13H23N3O2S/c1-5-14-13-15-8-11(19-13)12(17)16-10(9(2)3)6-7-18-4/h8-10H,5-7H2,1-4H3,(H,14,15)(H,16,17)/t10-/m1/s1. The number of aromatic nitrogens is 1. The molecule has 2 N–H and O–H groups in total. The Labute approximate surface area is 118 Å². The Bertz CT molecular complexity index is 393. The van der Waals surface area contributed by atoms with Gasteiger partial charge in [-0.3, -0.25) is 4.79 Å². The van der Waals surface area contributed by atoms with E-state index in [4.69, 9.17) is 4.74 Å². The van der Waals surface area contributed by atoms with E-state index in [1.807, 2.05) is 6.92 Å². The Kier molecular flexibility index (Phi) is 6.80. The van der Waals surface area contributed by atoms with Crippen LogP contribution >= 0.6 is 11.3 Å². The zero-order valence-corrected chi connectivity index (χ0v) is 12.8. The molecule has 0 aliphatic heterocycles. The van der Waals surface area contributed by atoms with Gasteiger partial charge in [-0.2, -0.15) is 0 Å². The minimum Gasteiger partial charge on any atom is -0.385 e. The van der Waals surface area contributed by atoms with E-state index in [1.165, 1.54) is 11.3 Å². The smallest absolute Gasteiger partial charge is 0.263 e. The predicted octanol–water partition coefficient (Wildman–Crippen LogP) is 2.37. The molecule has 5 nitrogen and oxygen atoms in total. The number of carbonyl (C=O) groups is 1. The summed E-state index contributed by atoms with van der Waals surface area (Å²) in [6.07, 6.45) is 2.43. The van der Waals surface area contributed by atoms with Crippen molar-refractivity contribution in [1.29, 1.82) is 0 Å². The minimum absolute atomic E-state index is 0.0588. The van der Waals surface area contributed by atoms with Crippen molar-refractivity contribution in [2.45, 2.75) is 33.2 Å². The number of methoxy groups -OCH3 is 1. The molecule has 6 heteroatoms. The molecule has 0 saturated heterocycles. The lowest BCUT2D eigenvalue weighted by molar-refractivity contribution is 0.0913. The molecular formula is C13H23N3O2S. The molecule has 1 aromatic heterocycles. The average molecular weight is 285 g/mol. The lowest BCUT2D eigenvalue weighted by Crippen LogP contribution is -2.39. The van der Waals surface area contributed by atoms with Crippen LogP contribution in [0.4, 0.5) is 5.13 Å². The molecule has 1 aromatic rings. The van der Waals surface area contributed by atoms with Crippen molar-refractivity contribution in [2.75, 3.05) is 25.6 Å². The van der Waals surface area contributed by atoms with Gasteiger partial charge in [-0.1, -0.05) is 25.2 Å². The van der Waals surface area contributed by atoms with Crippen molar-refractivity contribution < 1.29 is 9.53 Å². The lowest BCUT2D eigenvalue weighted by atomic mass is 10.0. The molecule has 0 aliphatic rings. The topological polar surface area (TPSA) is 63.2 Å². The Morgan fingerprint density at radius 2 is 2.26 bits per heavy atom. The van der Waals surface area contributed by atoms with Gasteiger partial charge in [0.2, 0.25) is 0 Å². The summed E-state index contributed by atoms with van der Waals surface area (Å²) in [5.41, 5.74) is 0. The van der Waals surface area contributed by atoms with E-state index in [0.29, 0.717) is 17.4 Å². The third kappa shape index (κ3) is 5.16. The van der Waals surface area contributed by atoms with Gasteiger partial charge in [-0.15, -0.1) is 0 Å². The molecule has 0 bridgehead atoms. The van der Waals surface area contributed by atoms with Crippen LogP contribution in [0.25, 0.3) is 0 Å². The maximum absolute atomic E-state index is 12.1. The van der Waals surface area contributed by atoms with Crippen molar-refractivity contribution in [3.05, 3.63) is 11.1 Å². The maximum Gasteiger partial charge on any atom is 0.263 e. The minimum atomic E-state index is -0.0588. The summed E-state index contributed by atoms with van der Waals surface area (Å²) in [6, 6.07) is 0.122. The number of thiazole rings is 1. The summed E-state index contributed by atoms with van der Waals surface area (Å²) in [6.45, 7) is 7.64. The quantitative estimate of drug-likeness (QED) is 0.769. The Morgan fingerprint density at radius 1 is 1.53 bits per heavy atom. The predicted molar refractivity (Wildman–Crippen MR) is 78.9 cm³/mol. The first-order valence-electron chi connectivity index (χ1n) is 6.58. The number of anilines is 1. The van der Waals surface area contributed by atoms with Gasteiger partial charge in [0.05, 0.1) is 6.20 Å². The number of rotatable bonds is 8. The number of hydrogen-bond acceptors (Lipinski definition) is 5. The van der Waals surface area contributed by atoms with Crippen molar-refractivity contribution >= 4 is 22.4 Å². The van der Waals surface area contributed by atoms with Gasteiger partial charge in [0.15, 0.2) is 5.13 Å². The zero-order valence-electron chi connectivity index (χ0n) is 12.0. The van der Waals surface area contributed by atoms with Crippen LogP contribution in [0.2, 0.25) is 0 Å². The SMILES string of the molecule is CCNc1ncc(C(=O)N[C@H](CCOC)C(C)C)s1. The van der Waals surface area contributed by atoms with Gasteiger partial charge >= 0.3 is 0 Å². The lowest BCUT2D eigenvalue weighted by Gasteiger charge is -2.21. The molecule has 0 unspecified atom stereocenters. The van der Waals surface area contributed by atoms with E-state index >= 15 is 0 Å². The number of carbonyl (C=O) groups excluding carboxylic acids is 1. The van der Waals surface area contributed by atoms with Crippen LogP contribution in [-0.2, 0) is 4.74 Å². The normalized spacial score (nSPS) is 12.5. The fourth-order valence-corrected chi connectivity index (χ4v) is 2.46. The average Bonchev–Trinajstić information content (AvgIpc) is 2.83. The summed E-state index contributed by atoms with van der Waals surface area (Å²) in [7, 11) is 1.67. The summed E-state index contributed by atoms with van der Waals surface area (Å²) < 4.78 is 5.07. The van der Waals surface area contributed by atoms with Crippen molar-refractivity contribution in [3.8, 4) is 0 Å². The molecular weight excluding hydrogens is 262 g/mol. The van der Waals surface area contributed by atoms with Gasteiger partial charge in [0.25, 0.3) is 5.91 Å². The van der Waals surface area contributed by atoms with E-state index in [0.717, 1.165) is 18.1 Å². The molecule has 19 heavy (non-hydrogen) atoms. The second-order valence-electron chi connectivity index (χ2n) is 4.67. The van der Waals surface area contributed by atoms with Crippen LogP contribution in [-0.4, -0.2) is 37.2 Å². The molecule has 108 valence electrons. The highest BCUT2D eigenvalue weighted by Crippen LogP contribution is 2.18. The van der Waals surface area contributed by atoms with E-state index in [-0.39, 0.29) is 11.9 Å². The summed E-state index contributed by atoms with van der Waals surface area (Å²) >= 11 is 1.38.